The van der Waals surface area contributed by atoms with Gasteiger partial charge in [0.15, 0.2) is 5.82 Å². The molecule has 6 heterocycles. The van der Waals surface area contributed by atoms with E-state index < -0.39 is 6.10 Å². The third-order valence-electron chi connectivity index (χ3n) is 8.26. The van der Waals surface area contributed by atoms with E-state index in [0.29, 0.717) is 29.4 Å². The minimum Gasteiger partial charge on any atom is -0.391 e. The van der Waals surface area contributed by atoms with Crippen LogP contribution in [0.2, 0.25) is 0 Å². The SMILES string of the molecule is Cn1nccc1C(=O)N1C[C@H](O)C[C@H]1c1cccc(-c2cc(-c3cc(C4CCOCC4)[nH]n3)c3c(N)ncnn23)c1. The summed E-state index contributed by atoms with van der Waals surface area (Å²) in [5.41, 5.74) is 12.9. The summed E-state index contributed by atoms with van der Waals surface area (Å²) in [6.45, 7) is 1.76. The van der Waals surface area contributed by atoms with Crippen LogP contribution < -0.4 is 5.73 Å². The minimum atomic E-state index is -0.612. The smallest absolute Gasteiger partial charge is 0.272 e. The number of H-pyrrole nitrogens is 1. The van der Waals surface area contributed by atoms with E-state index in [-0.39, 0.29) is 18.5 Å². The van der Waals surface area contributed by atoms with Crippen molar-refractivity contribution in [2.75, 3.05) is 25.5 Å². The molecule has 0 spiro atoms. The molecule has 0 bridgehead atoms. The number of aromatic nitrogens is 7. The van der Waals surface area contributed by atoms with Crippen molar-refractivity contribution in [2.24, 2.45) is 7.05 Å². The highest BCUT2D eigenvalue weighted by atomic mass is 16.5. The Kier molecular flexibility index (Phi) is 6.28. The minimum absolute atomic E-state index is 0.160. The Morgan fingerprint density at radius 3 is 2.80 bits per heavy atom. The summed E-state index contributed by atoms with van der Waals surface area (Å²) in [7, 11) is 1.74. The van der Waals surface area contributed by atoms with E-state index >= 15 is 0 Å². The molecule has 12 nitrogen and oxygen atoms in total. The number of hydrogen-bond donors (Lipinski definition) is 3. The Labute approximate surface area is 235 Å². The average molecular weight is 554 g/mol. The summed E-state index contributed by atoms with van der Waals surface area (Å²) in [5, 5.41) is 27.1. The maximum atomic E-state index is 13.4. The molecule has 2 aliphatic heterocycles. The number of ether oxygens (including phenoxy) is 1. The number of nitrogen functional groups attached to an aromatic ring is 1. The lowest BCUT2D eigenvalue weighted by Gasteiger charge is -2.25. The van der Waals surface area contributed by atoms with Crippen molar-refractivity contribution in [1.82, 2.24) is 39.5 Å². The first-order valence-electron chi connectivity index (χ1n) is 13.8. The number of anilines is 1. The lowest BCUT2D eigenvalue weighted by Crippen LogP contribution is -2.33. The maximum absolute atomic E-state index is 13.4. The van der Waals surface area contributed by atoms with Crippen LogP contribution in [0.5, 0.6) is 0 Å². The number of β-amino-alcohol motifs (C(OH)–C–C–N with tert-alkyl or cyclic N) is 1. The average Bonchev–Trinajstić information content (AvgIpc) is 3.79. The van der Waals surface area contributed by atoms with Crippen LogP contribution in [0.3, 0.4) is 0 Å². The molecule has 2 aliphatic rings. The Bertz CT molecular complexity index is 1730. The van der Waals surface area contributed by atoms with Crippen molar-refractivity contribution in [3.63, 3.8) is 0 Å². The standard InChI is InChI=1S/C29H31N9O3/c1-36-24(5-8-32-36)29(40)37-15-20(39)12-25(37)18-3-2-4-19(11-18)26-13-21(27-28(30)31-16-33-38(26)27)23-14-22(34-35-23)17-6-9-41-10-7-17/h2-5,8,11,13-14,16-17,20,25,39H,6-7,9-10,12,15H2,1H3,(H,34,35)(H2,30,31,33)/t20-,25+/m1/s1. The fourth-order valence-corrected chi connectivity index (χ4v) is 6.15. The van der Waals surface area contributed by atoms with Gasteiger partial charge in [0, 0.05) is 55.7 Å². The molecule has 0 saturated carbocycles. The summed E-state index contributed by atoms with van der Waals surface area (Å²) in [6.07, 6.45) is 4.79. The highest BCUT2D eigenvalue weighted by Crippen LogP contribution is 2.38. The van der Waals surface area contributed by atoms with Crippen molar-refractivity contribution in [3.05, 3.63) is 71.9 Å². The first-order chi connectivity index (χ1) is 20.0. The molecule has 1 aromatic carbocycles. The van der Waals surface area contributed by atoms with Gasteiger partial charge < -0.3 is 20.5 Å². The molecule has 0 aliphatic carbocycles. The number of amides is 1. The van der Waals surface area contributed by atoms with Gasteiger partial charge in [0.05, 0.1) is 23.5 Å². The monoisotopic (exact) mass is 553 g/mol. The molecule has 2 fully saturated rings. The molecule has 2 atom stereocenters. The number of aromatic amines is 1. The number of aliphatic hydroxyl groups excluding tert-OH is 1. The van der Waals surface area contributed by atoms with Gasteiger partial charge in [-0.15, -0.1) is 0 Å². The van der Waals surface area contributed by atoms with Gasteiger partial charge in [0.25, 0.3) is 5.91 Å². The summed E-state index contributed by atoms with van der Waals surface area (Å²) in [4.78, 5) is 19.4. The van der Waals surface area contributed by atoms with Crippen molar-refractivity contribution >= 4 is 17.2 Å². The van der Waals surface area contributed by atoms with E-state index in [4.69, 9.17) is 10.5 Å². The van der Waals surface area contributed by atoms with E-state index in [2.05, 4.69) is 31.4 Å². The first-order valence-corrected chi connectivity index (χ1v) is 13.8. The molecule has 1 amide bonds. The topological polar surface area (TPSA) is 152 Å². The number of carbonyl (C=O) groups is 1. The zero-order chi connectivity index (χ0) is 28.1. The number of fused-ring (bicyclic) bond motifs is 1. The summed E-state index contributed by atoms with van der Waals surface area (Å²) in [5.74, 6) is 0.578. The molecular weight excluding hydrogens is 522 g/mol. The number of nitrogens with two attached hydrogens (primary N) is 1. The highest BCUT2D eigenvalue weighted by Gasteiger charge is 2.37. The molecule has 41 heavy (non-hydrogen) atoms. The maximum Gasteiger partial charge on any atom is 0.272 e. The number of carbonyl (C=O) groups excluding carboxylic acids is 1. The number of benzene rings is 1. The zero-order valence-corrected chi connectivity index (χ0v) is 22.6. The van der Waals surface area contributed by atoms with Crippen molar-refractivity contribution in [3.8, 4) is 22.5 Å². The van der Waals surface area contributed by atoms with Crippen LogP contribution in [0, 0.1) is 0 Å². The van der Waals surface area contributed by atoms with E-state index in [1.165, 1.54) is 6.33 Å². The van der Waals surface area contributed by atoms with Gasteiger partial charge in [0.2, 0.25) is 0 Å². The van der Waals surface area contributed by atoms with E-state index in [9.17, 15) is 9.90 Å². The Morgan fingerprint density at radius 1 is 1.15 bits per heavy atom. The molecule has 0 radical (unpaired) electrons. The Hall–Kier alpha value is -4.55. The third kappa shape index (κ3) is 4.45. The Morgan fingerprint density at radius 2 is 2.00 bits per heavy atom. The number of rotatable bonds is 5. The third-order valence-corrected chi connectivity index (χ3v) is 8.26. The molecule has 4 N–H and O–H groups in total. The first kappa shape index (κ1) is 25.4. The fraction of sp³-hybridized carbons (Fsp3) is 0.345. The van der Waals surface area contributed by atoms with Crippen LogP contribution in [0.15, 0.2) is 55.0 Å². The van der Waals surface area contributed by atoms with Crippen LogP contribution in [-0.4, -0.2) is 76.4 Å². The number of aryl methyl sites for hydroxylation is 1. The summed E-state index contributed by atoms with van der Waals surface area (Å²) < 4.78 is 8.87. The second-order valence-electron chi connectivity index (χ2n) is 10.8. The molecular formula is C29H31N9O3. The van der Waals surface area contributed by atoms with E-state index in [1.54, 1.807) is 33.4 Å². The molecule has 7 rings (SSSR count). The zero-order valence-electron chi connectivity index (χ0n) is 22.6. The van der Waals surface area contributed by atoms with Crippen LogP contribution in [-0.2, 0) is 11.8 Å². The lowest BCUT2D eigenvalue weighted by atomic mass is 9.96. The Balaban J connectivity index is 1.27. The molecule has 0 unspecified atom stereocenters. The second-order valence-corrected chi connectivity index (χ2v) is 10.8. The quantitative estimate of drug-likeness (QED) is 0.300. The number of likely N-dealkylation sites (tertiary alicyclic amines) is 1. The van der Waals surface area contributed by atoms with Gasteiger partial charge in [-0.1, -0.05) is 18.2 Å². The molecule has 210 valence electrons. The fourth-order valence-electron chi connectivity index (χ4n) is 6.15. The van der Waals surface area contributed by atoms with Crippen molar-refractivity contribution in [1.29, 1.82) is 0 Å². The van der Waals surface area contributed by atoms with Crippen molar-refractivity contribution in [2.45, 2.75) is 37.3 Å². The molecule has 12 heteroatoms. The van der Waals surface area contributed by atoms with Gasteiger partial charge in [0.1, 0.15) is 17.5 Å². The summed E-state index contributed by atoms with van der Waals surface area (Å²) >= 11 is 0. The number of nitrogens with one attached hydrogen (secondary N) is 1. The van der Waals surface area contributed by atoms with Crippen LogP contribution >= 0.6 is 0 Å². The van der Waals surface area contributed by atoms with Crippen molar-refractivity contribution < 1.29 is 14.6 Å². The highest BCUT2D eigenvalue weighted by molar-refractivity contribution is 5.93. The largest absolute Gasteiger partial charge is 0.391 e. The second kappa shape index (κ2) is 10.1. The van der Waals surface area contributed by atoms with Crippen LogP contribution in [0.4, 0.5) is 5.82 Å². The predicted octanol–water partition coefficient (Wildman–Crippen LogP) is 2.94. The van der Waals surface area contributed by atoms with E-state index in [1.807, 2.05) is 30.3 Å². The van der Waals surface area contributed by atoms with Gasteiger partial charge in [-0.05, 0) is 49.1 Å². The lowest BCUT2D eigenvalue weighted by molar-refractivity contribution is 0.0704. The number of aliphatic hydroxyl groups is 1. The van der Waals surface area contributed by atoms with Gasteiger partial charge >= 0.3 is 0 Å². The predicted molar refractivity (Wildman–Crippen MR) is 151 cm³/mol. The van der Waals surface area contributed by atoms with E-state index in [0.717, 1.165) is 59.8 Å². The van der Waals surface area contributed by atoms with Crippen LogP contribution in [0.25, 0.3) is 28.0 Å². The normalized spacial score (nSPS) is 19.8. The number of hydrogen-bond acceptors (Lipinski definition) is 8. The molecule has 5 aromatic rings. The number of nitrogens with zero attached hydrogens (tertiary/aromatic N) is 7. The van der Waals surface area contributed by atoms with Crippen LogP contribution in [0.1, 0.15) is 53.0 Å². The molecule has 4 aromatic heterocycles. The summed E-state index contributed by atoms with van der Waals surface area (Å²) in [6, 6.07) is 13.5. The van der Waals surface area contributed by atoms with Gasteiger partial charge in [-0.25, -0.2) is 9.50 Å². The van der Waals surface area contributed by atoms with Gasteiger partial charge in [-0.3, -0.25) is 14.6 Å². The van der Waals surface area contributed by atoms with Gasteiger partial charge in [-0.2, -0.15) is 15.3 Å². The molecule has 2 saturated heterocycles.